The van der Waals surface area contributed by atoms with Crippen molar-refractivity contribution in [1.29, 1.82) is 0 Å². The summed E-state index contributed by atoms with van der Waals surface area (Å²) in [5, 5.41) is 2.54. The van der Waals surface area contributed by atoms with Crippen LogP contribution in [0.5, 0.6) is 0 Å². The summed E-state index contributed by atoms with van der Waals surface area (Å²) in [5.41, 5.74) is 3.10. The fraction of sp³-hybridized carbons (Fsp3) is 0.200. The second kappa shape index (κ2) is 2.92. The largest absolute Gasteiger partial charge is 0.318 e. The lowest BCUT2D eigenvalue weighted by atomic mass is 10.0. The fourth-order valence-corrected chi connectivity index (χ4v) is 2.20. The number of benzene rings is 1. The van der Waals surface area contributed by atoms with E-state index in [-0.39, 0.29) is 0 Å². The Balaban J connectivity index is 2.77. The molecule has 3 nitrogen and oxygen atoms in total. The minimum Gasteiger partial charge on any atom is -0.318 e. The van der Waals surface area contributed by atoms with Crippen LogP contribution >= 0.6 is 15.9 Å². The van der Waals surface area contributed by atoms with Crippen molar-refractivity contribution >= 4 is 33.3 Å². The molecule has 1 aliphatic rings. The van der Waals surface area contributed by atoms with Gasteiger partial charge in [-0.1, -0.05) is 0 Å². The smallest absolute Gasteiger partial charge is 0.296 e. The average molecular weight is 254 g/mol. The molecule has 0 bridgehead atoms. The predicted octanol–water partition coefficient (Wildman–Crippen LogP) is 2.20. The second-order valence-electron chi connectivity index (χ2n) is 3.34. The van der Waals surface area contributed by atoms with Crippen LogP contribution in [0.2, 0.25) is 0 Å². The van der Waals surface area contributed by atoms with Crippen LogP contribution in [-0.2, 0) is 4.79 Å². The Bertz CT molecular complexity index is 466. The molecule has 1 aromatic carbocycles. The first-order chi connectivity index (χ1) is 6.52. The van der Waals surface area contributed by atoms with Gasteiger partial charge in [0.25, 0.3) is 11.7 Å². The van der Waals surface area contributed by atoms with Gasteiger partial charge in [-0.15, -0.1) is 0 Å². The molecule has 72 valence electrons. The zero-order valence-electron chi connectivity index (χ0n) is 7.77. The summed E-state index contributed by atoms with van der Waals surface area (Å²) in [6.45, 7) is 3.85. The van der Waals surface area contributed by atoms with Gasteiger partial charge in [0.15, 0.2) is 0 Å². The summed E-state index contributed by atoms with van der Waals surface area (Å²) < 4.78 is 0.718. The van der Waals surface area contributed by atoms with Crippen LogP contribution in [0.3, 0.4) is 0 Å². The van der Waals surface area contributed by atoms with E-state index in [1.165, 1.54) is 0 Å². The van der Waals surface area contributed by atoms with E-state index in [1.807, 2.05) is 19.9 Å². The molecule has 0 fully saturated rings. The lowest BCUT2D eigenvalue weighted by Crippen LogP contribution is -2.12. The number of aryl methyl sites for hydroxylation is 1. The summed E-state index contributed by atoms with van der Waals surface area (Å²) >= 11 is 3.34. The van der Waals surface area contributed by atoms with Crippen LogP contribution in [0.25, 0.3) is 0 Å². The zero-order chi connectivity index (χ0) is 10.5. The molecule has 1 aromatic rings. The number of fused-ring (bicyclic) bond motifs is 1. The standard InChI is InChI=1S/C10H8BrNO2/c1-4-3-6-7(8(11)5(4)2)9(13)10(14)12-6/h3H,1-2H3,(H,12,13,14). The van der Waals surface area contributed by atoms with Gasteiger partial charge in [0.05, 0.1) is 11.3 Å². The van der Waals surface area contributed by atoms with Crippen molar-refractivity contribution in [1.82, 2.24) is 0 Å². The molecular formula is C10H8BrNO2. The number of carbonyl (C=O) groups excluding carboxylic acids is 2. The molecule has 0 spiro atoms. The minimum atomic E-state index is -0.550. The summed E-state index contributed by atoms with van der Waals surface area (Å²) in [6.07, 6.45) is 0. The van der Waals surface area contributed by atoms with Gasteiger partial charge < -0.3 is 5.32 Å². The molecule has 0 aliphatic carbocycles. The van der Waals surface area contributed by atoms with Crippen LogP contribution in [0.4, 0.5) is 5.69 Å². The minimum absolute atomic E-state index is 0.457. The summed E-state index contributed by atoms with van der Waals surface area (Å²) in [6, 6.07) is 1.82. The van der Waals surface area contributed by atoms with Crippen molar-refractivity contribution in [2.75, 3.05) is 5.32 Å². The van der Waals surface area contributed by atoms with Gasteiger partial charge in [0.1, 0.15) is 0 Å². The van der Waals surface area contributed by atoms with E-state index in [1.54, 1.807) is 0 Å². The van der Waals surface area contributed by atoms with Crippen LogP contribution in [-0.4, -0.2) is 11.7 Å². The first-order valence-electron chi connectivity index (χ1n) is 4.17. The number of rotatable bonds is 0. The van der Waals surface area contributed by atoms with Crippen molar-refractivity contribution in [2.24, 2.45) is 0 Å². The van der Waals surface area contributed by atoms with Gasteiger partial charge in [-0.25, -0.2) is 0 Å². The lowest BCUT2D eigenvalue weighted by molar-refractivity contribution is -0.112. The maximum absolute atomic E-state index is 11.4. The Morgan fingerprint density at radius 2 is 1.93 bits per heavy atom. The third-order valence-corrected chi connectivity index (χ3v) is 3.44. The van der Waals surface area contributed by atoms with E-state index in [0.717, 1.165) is 15.6 Å². The van der Waals surface area contributed by atoms with Gasteiger partial charge >= 0.3 is 0 Å². The number of Topliss-reactive ketones (excluding diaryl/α,β-unsaturated/α-hetero) is 1. The molecule has 4 heteroatoms. The highest BCUT2D eigenvalue weighted by molar-refractivity contribution is 9.10. The Labute approximate surface area is 89.6 Å². The first-order valence-corrected chi connectivity index (χ1v) is 4.97. The van der Waals surface area contributed by atoms with Crippen LogP contribution in [0.15, 0.2) is 10.5 Å². The quantitative estimate of drug-likeness (QED) is 0.721. The Morgan fingerprint density at radius 3 is 2.57 bits per heavy atom. The maximum Gasteiger partial charge on any atom is 0.296 e. The topological polar surface area (TPSA) is 46.2 Å². The molecule has 0 saturated heterocycles. The molecule has 1 heterocycles. The second-order valence-corrected chi connectivity index (χ2v) is 4.13. The van der Waals surface area contributed by atoms with Gasteiger partial charge in [-0.3, -0.25) is 9.59 Å². The van der Waals surface area contributed by atoms with Crippen molar-refractivity contribution in [3.05, 3.63) is 27.2 Å². The maximum atomic E-state index is 11.4. The number of hydrogen-bond donors (Lipinski definition) is 1. The number of anilines is 1. The fourth-order valence-electron chi connectivity index (χ4n) is 1.49. The van der Waals surface area contributed by atoms with E-state index in [9.17, 15) is 9.59 Å². The SMILES string of the molecule is Cc1cc2c(c(Br)c1C)C(=O)C(=O)N2. The number of halogens is 1. The molecule has 14 heavy (non-hydrogen) atoms. The normalized spacial score (nSPS) is 14.2. The molecule has 0 radical (unpaired) electrons. The molecule has 0 atom stereocenters. The summed E-state index contributed by atoms with van der Waals surface area (Å²) in [7, 11) is 0. The summed E-state index contributed by atoms with van der Waals surface area (Å²) in [4.78, 5) is 22.6. The van der Waals surface area contributed by atoms with Gasteiger partial charge in [-0.2, -0.15) is 0 Å². The number of nitrogens with one attached hydrogen (secondary N) is 1. The van der Waals surface area contributed by atoms with Gasteiger partial charge in [0, 0.05) is 4.47 Å². The Morgan fingerprint density at radius 1 is 1.29 bits per heavy atom. The number of hydrogen-bond acceptors (Lipinski definition) is 2. The van der Waals surface area contributed by atoms with Crippen molar-refractivity contribution in [2.45, 2.75) is 13.8 Å². The number of carbonyl (C=O) groups is 2. The summed E-state index contributed by atoms with van der Waals surface area (Å²) in [5.74, 6) is -1.01. The highest BCUT2D eigenvalue weighted by Crippen LogP contribution is 2.34. The average Bonchev–Trinajstić information content (AvgIpc) is 2.39. The molecule has 0 saturated carbocycles. The van der Waals surface area contributed by atoms with E-state index < -0.39 is 11.7 Å². The predicted molar refractivity (Wildman–Crippen MR) is 56.6 cm³/mol. The van der Waals surface area contributed by atoms with E-state index in [4.69, 9.17) is 0 Å². The van der Waals surface area contributed by atoms with Crippen molar-refractivity contribution in [3.63, 3.8) is 0 Å². The van der Waals surface area contributed by atoms with Crippen LogP contribution in [0.1, 0.15) is 21.5 Å². The Kier molecular flexibility index (Phi) is 1.96. The van der Waals surface area contributed by atoms with Crippen molar-refractivity contribution in [3.8, 4) is 0 Å². The molecule has 2 rings (SSSR count). The van der Waals surface area contributed by atoms with Crippen molar-refractivity contribution < 1.29 is 9.59 Å². The Hall–Kier alpha value is -1.16. The third kappa shape index (κ3) is 1.10. The molecular weight excluding hydrogens is 246 g/mol. The monoisotopic (exact) mass is 253 g/mol. The van der Waals surface area contributed by atoms with E-state index in [0.29, 0.717) is 11.3 Å². The molecule has 1 aliphatic heterocycles. The van der Waals surface area contributed by atoms with Gasteiger partial charge in [-0.05, 0) is 47.0 Å². The van der Waals surface area contributed by atoms with E-state index >= 15 is 0 Å². The first kappa shape index (κ1) is 9.40. The zero-order valence-corrected chi connectivity index (χ0v) is 9.36. The molecule has 1 amide bonds. The van der Waals surface area contributed by atoms with Crippen LogP contribution < -0.4 is 5.32 Å². The molecule has 1 N–H and O–H groups in total. The van der Waals surface area contributed by atoms with Gasteiger partial charge in [0.2, 0.25) is 0 Å². The number of ketones is 1. The van der Waals surface area contributed by atoms with E-state index in [2.05, 4.69) is 21.2 Å². The highest BCUT2D eigenvalue weighted by atomic mass is 79.9. The lowest BCUT2D eigenvalue weighted by Gasteiger charge is -2.06. The molecule has 0 aromatic heterocycles. The number of amides is 1. The molecule has 0 unspecified atom stereocenters. The highest BCUT2D eigenvalue weighted by Gasteiger charge is 2.31. The third-order valence-electron chi connectivity index (χ3n) is 2.45. The van der Waals surface area contributed by atoms with Crippen LogP contribution in [0, 0.1) is 13.8 Å².